The highest BCUT2D eigenvalue weighted by Crippen LogP contribution is 2.17. The van der Waals surface area contributed by atoms with Gasteiger partial charge in [0.05, 0.1) is 12.7 Å². The van der Waals surface area contributed by atoms with E-state index in [9.17, 15) is 4.79 Å². The third kappa shape index (κ3) is 3.17. The molecule has 0 atom stereocenters. The SMILES string of the molecule is CC[NH+]=C(C(C)=CN)c1csc(C(=O)OC)c1. The van der Waals surface area contributed by atoms with Gasteiger partial charge in [0.1, 0.15) is 11.4 Å². The Kier molecular flexibility index (Phi) is 4.90. The number of methoxy groups -OCH3 is 1. The number of esters is 1. The van der Waals surface area contributed by atoms with Crippen molar-refractivity contribution in [1.82, 2.24) is 0 Å². The lowest BCUT2D eigenvalue weighted by Gasteiger charge is -1.97. The number of ether oxygens (including phenoxy) is 1. The van der Waals surface area contributed by atoms with Crippen LogP contribution in [-0.2, 0) is 4.74 Å². The van der Waals surface area contributed by atoms with Gasteiger partial charge in [0.25, 0.3) is 0 Å². The first-order valence-corrected chi connectivity index (χ1v) is 6.18. The molecule has 92 valence electrons. The van der Waals surface area contributed by atoms with Gasteiger partial charge in [0.2, 0.25) is 5.71 Å². The Morgan fingerprint density at radius 1 is 1.65 bits per heavy atom. The Bertz CT molecular complexity index is 461. The average molecular weight is 253 g/mol. The Morgan fingerprint density at radius 2 is 2.35 bits per heavy atom. The fourth-order valence-electron chi connectivity index (χ4n) is 1.40. The zero-order valence-corrected chi connectivity index (χ0v) is 11.1. The molecule has 0 radical (unpaired) electrons. The van der Waals surface area contributed by atoms with Crippen LogP contribution in [0.15, 0.2) is 23.2 Å². The maximum absolute atomic E-state index is 11.4. The first-order valence-electron chi connectivity index (χ1n) is 5.31. The molecule has 1 rings (SSSR count). The van der Waals surface area contributed by atoms with Crippen LogP contribution in [0.4, 0.5) is 0 Å². The molecule has 1 aromatic rings. The predicted octanol–water partition coefficient (Wildman–Crippen LogP) is 0.287. The molecule has 0 fully saturated rings. The molecule has 0 aliphatic heterocycles. The normalized spacial score (nSPS) is 12.6. The van der Waals surface area contributed by atoms with Gasteiger partial charge >= 0.3 is 5.97 Å². The van der Waals surface area contributed by atoms with Gasteiger partial charge in [-0.15, -0.1) is 11.3 Å². The largest absolute Gasteiger partial charge is 0.465 e. The van der Waals surface area contributed by atoms with E-state index < -0.39 is 0 Å². The third-order valence-electron chi connectivity index (χ3n) is 2.27. The highest BCUT2D eigenvalue weighted by Gasteiger charge is 2.17. The van der Waals surface area contributed by atoms with Crippen LogP contribution in [0.5, 0.6) is 0 Å². The maximum atomic E-state index is 11.4. The number of hydrogen-bond acceptors (Lipinski definition) is 4. The molecule has 0 bridgehead atoms. The Hall–Kier alpha value is -1.62. The summed E-state index contributed by atoms with van der Waals surface area (Å²) in [6.45, 7) is 4.73. The maximum Gasteiger partial charge on any atom is 0.348 e. The van der Waals surface area contributed by atoms with E-state index in [1.807, 2.05) is 25.3 Å². The number of nitrogens with two attached hydrogens (primary N) is 1. The molecule has 0 saturated carbocycles. The summed E-state index contributed by atoms with van der Waals surface area (Å²) < 4.78 is 4.68. The molecule has 5 heteroatoms. The topological polar surface area (TPSA) is 66.3 Å². The quantitative estimate of drug-likeness (QED) is 0.598. The molecule has 0 aliphatic rings. The minimum atomic E-state index is -0.313. The molecular formula is C12H17N2O2S+. The number of carbonyl (C=O) groups is 1. The van der Waals surface area contributed by atoms with Crippen LogP contribution in [0.3, 0.4) is 0 Å². The summed E-state index contributed by atoms with van der Waals surface area (Å²) >= 11 is 1.36. The summed E-state index contributed by atoms with van der Waals surface area (Å²) in [4.78, 5) is 15.2. The lowest BCUT2D eigenvalue weighted by molar-refractivity contribution is -0.451. The van der Waals surface area contributed by atoms with Crippen molar-refractivity contribution in [2.24, 2.45) is 5.73 Å². The van der Waals surface area contributed by atoms with E-state index in [2.05, 4.69) is 9.73 Å². The van der Waals surface area contributed by atoms with Gasteiger partial charge in [0.15, 0.2) is 0 Å². The number of hydrogen-bond donors (Lipinski definition) is 2. The van der Waals surface area contributed by atoms with Crippen molar-refractivity contribution in [2.75, 3.05) is 13.7 Å². The van der Waals surface area contributed by atoms with Crippen molar-refractivity contribution >= 4 is 23.0 Å². The number of nitrogens with one attached hydrogen (secondary N) is 1. The summed E-state index contributed by atoms with van der Waals surface area (Å²) in [5, 5.41) is 1.91. The van der Waals surface area contributed by atoms with Gasteiger partial charge in [-0.2, -0.15) is 0 Å². The van der Waals surface area contributed by atoms with Crippen molar-refractivity contribution in [3.05, 3.63) is 33.7 Å². The molecular weight excluding hydrogens is 236 g/mol. The molecule has 0 aromatic carbocycles. The lowest BCUT2D eigenvalue weighted by Crippen LogP contribution is -2.72. The minimum Gasteiger partial charge on any atom is -0.465 e. The van der Waals surface area contributed by atoms with Gasteiger partial charge in [-0.05, 0) is 19.9 Å². The Balaban J connectivity index is 3.09. The molecule has 0 saturated heterocycles. The average Bonchev–Trinajstić information content (AvgIpc) is 2.83. The number of carbonyl (C=O) groups excluding carboxylic acids is 1. The molecule has 3 N–H and O–H groups in total. The molecule has 4 nitrogen and oxygen atoms in total. The van der Waals surface area contributed by atoms with E-state index in [1.54, 1.807) is 6.20 Å². The number of thiophene rings is 1. The molecule has 1 heterocycles. The molecule has 0 spiro atoms. The van der Waals surface area contributed by atoms with Crippen molar-refractivity contribution in [2.45, 2.75) is 13.8 Å². The molecule has 0 amide bonds. The summed E-state index contributed by atoms with van der Waals surface area (Å²) in [5.41, 5.74) is 8.37. The van der Waals surface area contributed by atoms with Crippen LogP contribution in [-0.4, -0.2) is 25.3 Å². The van der Waals surface area contributed by atoms with E-state index in [1.165, 1.54) is 18.4 Å². The van der Waals surface area contributed by atoms with E-state index in [0.717, 1.165) is 23.4 Å². The Labute approximate surface area is 105 Å². The van der Waals surface area contributed by atoms with Crippen LogP contribution in [0.2, 0.25) is 0 Å². The van der Waals surface area contributed by atoms with Crippen LogP contribution < -0.4 is 10.7 Å². The summed E-state index contributed by atoms with van der Waals surface area (Å²) in [6.07, 6.45) is 1.55. The van der Waals surface area contributed by atoms with Crippen molar-refractivity contribution in [1.29, 1.82) is 0 Å². The standard InChI is InChI=1S/C12H16N2O2S/c1-4-14-11(8(2)6-13)9-5-10(17-7-9)12(15)16-3/h5-7H,4,13H2,1-3H3/p+1. The van der Waals surface area contributed by atoms with Crippen LogP contribution in [0, 0.1) is 0 Å². The monoisotopic (exact) mass is 253 g/mol. The molecule has 0 aliphatic carbocycles. The van der Waals surface area contributed by atoms with Gasteiger partial charge in [0, 0.05) is 17.2 Å². The van der Waals surface area contributed by atoms with Gasteiger partial charge in [-0.3, -0.25) is 0 Å². The number of rotatable bonds is 4. The van der Waals surface area contributed by atoms with Gasteiger partial charge < -0.3 is 10.5 Å². The van der Waals surface area contributed by atoms with Gasteiger partial charge in [-0.1, -0.05) is 0 Å². The summed E-state index contributed by atoms with van der Waals surface area (Å²) in [6, 6.07) is 1.81. The van der Waals surface area contributed by atoms with E-state index in [0.29, 0.717) is 4.88 Å². The van der Waals surface area contributed by atoms with Crippen molar-refractivity contribution in [3.8, 4) is 0 Å². The fraction of sp³-hybridized carbons (Fsp3) is 0.333. The van der Waals surface area contributed by atoms with E-state index in [4.69, 9.17) is 5.73 Å². The second-order valence-corrected chi connectivity index (χ2v) is 4.36. The highest BCUT2D eigenvalue weighted by atomic mass is 32.1. The predicted molar refractivity (Wildman–Crippen MR) is 69.2 cm³/mol. The van der Waals surface area contributed by atoms with Crippen LogP contribution in [0.1, 0.15) is 29.1 Å². The second kappa shape index (κ2) is 6.20. The fourth-order valence-corrected chi connectivity index (χ4v) is 2.22. The Morgan fingerprint density at radius 3 is 2.88 bits per heavy atom. The lowest BCUT2D eigenvalue weighted by atomic mass is 10.1. The third-order valence-corrected chi connectivity index (χ3v) is 3.18. The van der Waals surface area contributed by atoms with E-state index in [-0.39, 0.29) is 5.97 Å². The molecule has 1 aromatic heterocycles. The highest BCUT2D eigenvalue weighted by molar-refractivity contribution is 7.12. The van der Waals surface area contributed by atoms with Crippen LogP contribution >= 0.6 is 11.3 Å². The van der Waals surface area contributed by atoms with Gasteiger partial charge in [-0.25, -0.2) is 9.79 Å². The summed E-state index contributed by atoms with van der Waals surface area (Å²) in [7, 11) is 1.38. The number of allylic oxidation sites excluding steroid dienone is 1. The first kappa shape index (κ1) is 13.4. The zero-order chi connectivity index (χ0) is 12.8. The summed E-state index contributed by atoms with van der Waals surface area (Å²) in [5.74, 6) is -0.313. The minimum absolute atomic E-state index is 0.313. The molecule has 0 unspecified atom stereocenters. The van der Waals surface area contributed by atoms with Crippen molar-refractivity contribution in [3.63, 3.8) is 0 Å². The first-order chi connectivity index (χ1) is 8.13. The van der Waals surface area contributed by atoms with Crippen molar-refractivity contribution < 1.29 is 14.5 Å². The molecule has 17 heavy (non-hydrogen) atoms. The zero-order valence-electron chi connectivity index (χ0n) is 10.2. The van der Waals surface area contributed by atoms with Crippen LogP contribution in [0.25, 0.3) is 0 Å². The second-order valence-electron chi connectivity index (χ2n) is 3.45. The smallest absolute Gasteiger partial charge is 0.348 e. The van der Waals surface area contributed by atoms with E-state index >= 15 is 0 Å².